The maximum atomic E-state index is 12.5. The summed E-state index contributed by atoms with van der Waals surface area (Å²) < 4.78 is 5.51. The number of aliphatic hydroxyl groups excluding tert-OH is 2. The first-order chi connectivity index (χ1) is 41.5. The van der Waals surface area contributed by atoms with Gasteiger partial charge in [-0.05, 0) is 83.5 Å². The van der Waals surface area contributed by atoms with Gasteiger partial charge in [0.1, 0.15) is 0 Å². The van der Waals surface area contributed by atoms with Gasteiger partial charge in [-0.1, -0.05) is 365 Å². The lowest BCUT2D eigenvalue weighted by molar-refractivity contribution is -0.143. The molecule has 0 aromatic carbocycles. The van der Waals surface area contributed by atoms with Crippen LogP contribution in [0.1, 0.15) is 425 Å². The fourth-order valence-corrected chi connectivity index (χ4v) is 12.0. The Bertz CT molecular complexity index is 1360. The van der Waals surface area contributed by atoms with Crippen molar-refractivity contribution in [3.8, 4) is 0 Å². The highest BCUT2D eigenvalue weighted by molar-refractivity contribution is 5.76. The van der Waals surface area contributed by atoms with Crippen molar-refractivity contribution in [2.24, 2.45) is 0 Å². The van der Waals surface area contributed by atoms with Gasteiger partial charge in [0, 0.05) is 12.8 Å². The van der Waals surface area contributed by atoms with Gasteiger partial charge in [-0.15, -0.1) is 0 Å². The van der Waals surface area contributed by atoms with Crippen molar-refractivity contribution in [3.05, 3.63) is 36.5 Å². The standard InChI is InChI=1S/C78H149NO5/c1-3-5-7-9-11-13-15-17-19-21-23-24-31-35-38-42-46-50-54-58-62-66-70-76(81)75(74-80)79-77(82)71-67-63-59-55-51-47-43-39-36-32-29-27-25-26-28-30-33-37-41-45-49-53-57-61-65-69-73-84-78(83)72-68-64-60-56-52-48-44-40-34-22-20-18-16-14-12-10-8-6-4-2/h18,20,25,27,66,70,75-76,80-81H,3-17,19,21-24,26,28-65,67-69,71-74H2,1-2H3,(H,79,82)/b20-18-,27-25-,70-66+. The quantitative estimate of drug-likeness (QED) is 0.0320. The second-order valence-corrected chi connectivity index (χ2v) is 26.3. The lowest BCUT2D eigenvalue weighted by Crippen LogP contribution is -2.45. The number of unbranched alkanes of at least 4 members (excludes halogenated alkanes) is 57. The third-order valence-corrected chi connectivity index (χ3v) is 17.9. The van der Waals surface area contributed by atoms with E-state index in [1.807, 2.05) is 6.08 Å². The predicted octanol–water partition coefficient (Wildman–Crippen LogP) is 25.0. The molecule has 0 aliphatic heterocycles. The number of nitrogens with one attached hydrogen (secondary N) is 1. The first kappa shape index (κ1) is 82.1. The summed E-state index contributed by atoms with van der Waals surface area (Å²) in [5, 5.41) is 23.3. The molecule has 0 aliphatic rings. The van der Waals surface area contributed by atoms with E-state index in [0.29, 0.717) is 19.4 Å². The molecule has 0 aromatic heterocycles. The first-order valence-electron chi connectivity index (χ1n) is 38.3. The average molecular weight is 1180 g/mol. The number of hydrogen-bond acceptors (Lipinski definition) is 5. The minimum absolute atomic E-state index is 0.0143. The van der Waals surface area contributed by atoms with Crippen LogP contribution in [0, 0.1) is 0 Å². The number of amides is 1. The maximum Gasteiger partial charge on any atom is 0.305 e. The fraction of sp³-hybridized carbons (Fsp3) is 0.897. The Balaban J connectivity index is 3.40. The molecule has 0 spiro atoms. The van der Waals surface area contributed by atoms with E-state index >= 15 is 0 Å². The molecule has 3 N–H and O–H groups in total. The van der Waals surface area contributed by atoms with Crippen LogP contribution < -0.4 is 5.32 Å². The third-order valence-electron chi connectivity index (χ3n) is 17.9. The number of carbonyl (C=O) groups is 2. The smallest absolute Gasteiger partial charge is 0.305 e. The molecule has 496 valence electrons. The topological polar surface area (TPSA) is 95.9 Å². The van der Waals surface area contributed by atoms with Crippen molar-refractivity contribution in [1.82, 2.24) is 5.32 Å². The zero-order valence-corrected chi connectivity index (χ0v) is 56.9. The van der Waals surface area contributed by atoms with Crippen LogP contribution in [0.15, 0.2) is 36.5 Å². The maximum absolute atomic E-state index is 12.5. The summed E-state index contributed by atoms with van der Waals surface area (Å²) in [4.78, 5) is 24.7. The lowest BCUT2D eigenvalue weighted by atomic mass is 10.0. The number of carbonyl (C=O) groups excluding carboxylic acids is 2. The molecule has 0 fully saturated rings. The molecule has 6 heteroatoms. The molecule has 0 rings (SSSR count). The van der Waals surface area contributed by atoms with Crippen LogP contribution in [0.4, 0.5) is 0 Å². The van der Waals surface area contributed by atoms with Gasteiger partial charge >= 0.3 is 5.97 Å². The monoisotopic (exact) mass is 1180 g/mol. The molecule has 0 radical (unpaired) electrons. The van der Waals surface area contributed by atoms with Crippen LogP contribution in [0.5, 0.6) is 0 Å². The number of ether oxygens (including phenoxy) is 1. The number of hydrogen-bond donors (Lipinski definition) is 3. The van der Waals surface area contributed by atoms with Crippen molar-refractivity contribution < 1.29 is 24.5 Å². The minimum atomic E-state index is -0.847. The highest BCUT2D eigenvalue weighted by atomic mass is 16.5. The Morgan fingerprint density at radius 3 is 0.845 bits per heavy atom. The van der Waals surface area contributed by atoms with Crippen LogP contribution in [-0.4, -0.2) is 47.4 Å². The fourth-order valence-electron chi connectivity index (χ4n) is 12.0. The molecular weight excluding hydrogens is 1030 g/mol. The highest BCUT2D eigenvalue weighted by Gasteiger charge is 2.18. The Morgan fingerprint density at radius 1 is 0.321 bits per heavy atom. The Morgan fingerprint density at radius 2 is 0.560 bits per heavy atom. The van der Waals surface area contributed by atoms with Gasteiger partial charge in [0.05, 0.1) is 25.4 Å². The second kappa shape index (κ2) is 73.5. The highest BCUT2D eigenvalue weighted by Crippen LogP contribution is 2.19. The van der Waals surface area contributed by atoms with Crippen LogP contribution in [0.3, 0.4) is 0 Å². The number of aliphatic hydroxyl groups is 2. The van der Waals surface area contributed by atoms with E-state index in [0.717, 1.165) is 44.9 Å². The van der Waals surface area contributed by atoms with E-state index in [1.54, 1.807) is 6.08 Å². The summed E-state index contributed by atoms with van der Waals surface area (Å²) in [7, 11) is 0. The summed E-state index contributed by atoms with van der Waals surface area (Å²) in [5.74, 6) is -0.0513. The predicted molar refractivity (Wildman–Crippen MR) is 370 cm³/mol. The van der Waals surface area contributed by atoms with E-state index in [4.69, 9.17) is 4.74 Å². The SMILES string of the molecule is CCCCCCCC/C=C\CCCCCCCCCCCC(=O)OCCCCCCCCCCCCCC/C=C\CCCCCCCCCCCCC(=O)NC(CO)C(O)/C=C/CCCCCCCCCCCCCCCCCCCCCC. The van der Waals surface area contributed by atoms with Crippen LogP contribution >= 0.6 is 0 Å². The van der Waals surface area contributed by atoms with E-state index in [2.05, 4.69) is 43.5 Å². The molecule has 0 heterocycles. The lowest BCUT2D eigenvalue weighted by Gasteiger charge is -2.20. The summed E-state index contributed by atoms with van der Waals surface area (Å²) in [6.45, 7) is 4.94. The average Bonchev–Trinajstić information content (AvgIpc) is 3.51. The summed E-state index contributed by atoms with van der Waals surface area (Å²) in [5.41, 5.74) is 0. The van der Waals surface area contributed by atoms with Crippen molar-refractivity contribution in [2.45, 2.75) is 437 Å². The number of allylic oxidation sites excluding steroid dienone is 5. The molecule has 6 nitrogen and oxygen atoms in total. The van der Waals surface area contributed by atoms with Gasteiger partial charge in [-0.2, -0.15) is 0 Å². The normalized spacial score (nSPS) is 12.7. The van der Waals surface area contributed by atoms with Crippen molar-refractivity contribution in [2.75, 3.05) is 13.2 Å². The molecule has 0 saturated heterocycles. The molecular formula is C78H149NO5. The van der Waals surface area contributed by atoms with E-state index in [1.165, 1.54) is 353 Å². The van der Waals surface area contributed by atoms with Crippen LogP contribution in [0.2, 0.25) is 0 Å². The van der Waals surface area contributed by atoms with Gasteiger partial charge in [0.25, 0.3) is 0 Å². The van der Waals surface area contributed by atoms with Crippen molar-refractivity contribution >= 4 is 11.9 Å². The number of rotatable bonds is 72. The van der Waals surface area contributed by atoms with Gasteiger partial charge < -0.3 is 20.3 Å². The number of esters is 1. The largest absolute Gasteiger partial charge is 0.466 e. The molecule has 0 aromatic rings. The van der Waals surface area contributed by atoms with Crippen molar-refractivity contribution in [3.63, 3.8) is 0 Å². The Labute approximate surface area is 525 Å². The zero-order chi connectivity index (χ0) is 60.6. The molecule has 0 aliphatic carbocycles. The first-order valence-corrected chi connectivity index (χ1v) is 38.3. The minimum Gasteiger partial charge on any atom is -0.466 e. The van der Waals surface area contributed by atoms with Gasteiger partial charge in [0.15, 0.2) is 0 Å². The second-order valence-electron chi connectivity index (χ2n) is 26.3. The van der Waals surface area contributed by atoms with Gasteiger partial charge in [-0.25, -0.2) is 0 Å². The van der Waals surface area contributed by atoms with E-state index in [9.17, 15) is 19.8 Å². The Kier molecular flexibility index (Phi) is 71.9. The summed E-state index contributed by atoms with van der Waals surface area (Å²) in [6.07, 6.45) is 95.3. The van der Waals surface area contributed by atoms with E-state index in [-0.39, 0.29) is 18.5 Å². The zero-order valence-electron chi connectivity index (χ0n) is 56.9. The Hall–Kier alpha value is -1.92. The van der Waals surface area contributed by atoms with Crippen molar-refractivity contribution in [1.29, 1.82) is 0 Å². The molecule has 0 bridgehead atoms. The molecule has 2 unspecified atom stereocenters. The van der Waals surface area contributed by atoms with Gasteiger partial charge in [-0.3, -0.25) is 9.59 Å². The van der Waals surface area contributed by atoms with E-state index < -0.39 is 12.1 Å². The van der Waals surface area contributed by atoms with Crippen LogP contribution in [0.25, 0.3) is 0 Å². The summed E-state index contributed by atoms with van der Waals surface area (Å²) in [6, 6.07) is -0.631. The molecule has 2 atom stereocenters. The molecule has 1 amide bonds. The van der Waals surface area contributed by atoms with Gasteiger partial charge in [0.2, 0.25) is 5.91 Å². The molecule has 84 heavy (non-hydrogen) atoms. The summed E-state index contributed by atoms with van der Waals surface area (Å²) >= 11 is 0. The third kappa shape index (κ3) is 69.2. The molecule has 0 saturated carbocycles. The van der Waals surface area contributed by atoms with Crippen LogP contribution in [-0.2, 0) is 14.3 Å².